The first kappa shape index (κ1) is 16.9. The van der Waals surface area contributed by atoms with Crippen LogP contribution in [0.5, 0.6) is 0 Å². The van der Waals surface area contributed by atoms with Crippen molar-refractivity contribution in [2.24, 2.45) is 0 Å². The molecule has 0 bridgehead atoms. The van der Waals surface area contributed by atoms with E-state index in [1.54, 1.807) is 7.05 Å². The Morgan fingerprint density at radius 3 is 2.75 bits per heavy atom. The molecule has 1 aromatic heterocycles. The summed E-state index contributed by atoms with van der Waals surface area (Å²) in [6.07, 6.45) is 1.97. The van der Waals surface area contributed by atoms with Gasteiger partial charge in [-0.25, -0.2) is 4.98 Å². The molecule has 1 fully saturated rings. The zero-order valence-corrected chi connectivity index (χ0v) is 14.7. The summed E-state index contributed by atoms with van der Waals surface area (Å²) in [4.78, 5) is 18.3. The third-order valence-electron chi connectivity index (χ3n) is 4.75. The van der Waals surface area contributed by atoms with Crippen LogP contribution in [0, 0.1) is 0 Å². The molecule has 1 aliphatic rings. The molecule has 3 rings (SSSR count). The third kappa shape index (κ3) is 3.44. The fourth-order valence-electron chi connectivity index (χ4n) is 3.24. The molecule has 1 amide bonds. The fraction of sp³-hybridized carbons (Fsp3) is 0.471. The number of hydrogen-bond acceptors (Lipinski definition) is 4. The van der Waals surface area contributed by atoms with Crippen molar-refractivity contribution in [3.05, 3.63) is 46.5 Å². The summed E-state index contributed by atoms with van der Waals surface area (Å²) in [6.45, 7) is 4.12. The summed E-state index contributed by atoms with van der Waals surface area (Å²) >= 11 is 6.32. The molecule has 1 atom stereocenters. The second-order valence-electron chi connectivity index (χ2n) is 6.13. The molecule has 7 heteroatoms. The summed E-state index contributed by atoms with van der Waals surface area (Å²) in [5, 5.41) is 10.3. The van der Waals surface area contributed by atoms with Crippen LogP contribution in [0.15, 0.2) is 24.3 Å². The highest BCUT2D eigenvalue weighted by Gasteiger charge is 2.27. The van der Waals surface area contributed by atoms with E-state index in [-0.39, 0.29) is 17.8 Å². The van der Waals surface area contributed by atoms with Gasteiger partial charge in [-0.3, -0.25) is 14.8 Å². The van der Waals surface area contributed by atoms with Gasteiger partial charge in [-0.2, -0.15) is 0 Å². The van der Waals surface area contributed by atoms with Crippen LogP contribution in [0.4, 0.5) is 0 Å². The Kier molecular flexibility index (Phi) is 5.16. The number of nitrogens with zero attached hydrogens (tertiary/aromatic N) is 3. The van der Waals surface area contributed by atoms with Crippen molar-refractivity contribution in [2.45, 2.75) is 31.7 Å². The second-order valence-corrected chi connectivity index (χ2v) is 6.54. The highest BCUT2D eigenvalue weighted by Crippen LogP contribution is 2.33. The van der Waals surface area contributed by atoms with Gasteiger partial charge in [-0.15, -0.1) is 5.10 Å². The zero-order valence-electron chi connectivity index (χ0n) is 13.9. The van der Waals surface area contributed by atoms with Gasteiger partial charge >= 0.3 is 0 Å². The molecule has 2 heterocycles. The largest absolute Gasteiger partial charge is 0.352 e. The van der Waals surface area contributed by atoms with E-state index < -0.39 is 0 Å². The minimum atomic E-state index is -0.262. The van der Waals surface area contributed by atoms with Crippen molar-refractivity contribution in [3.63, 3.8) is 0 Å². The third-order valence-corrected chi connectivity index (χ3v) is 5.10. The van der Waals surface area contributed by atoms with Crippen molar-refractivity contribution in [1.82, 2.24) is 25.4 Å². The number of H-pyrrole nitrogens is 1. The van der Waals surface area contributed by atoms with Crippen LogP contribution in [-0.2, 0) is 0 Å². The molecule has 0 aliphatic carbocycles. The van der Waals surface area contributed by atoms with Gasteiger partial charge in [0.15, 0.2) is 0 Å². The number of piperidine rings is 1. The summed E-state index contributed by atoms with van der Waals surface area (Å²) < 4.78 is 0. The Labute approximate surface area is 146 Å². The Hall–Kier alpha value is -1.92. The van der Waals surface area contributed by atoms with Crippen LogP contribution < -0.4 is 5.32 Å². The second kappa shape index (κ2) is 7.32. The van der Waals surface area contributed by atoms with Crippen LogP contribution in [-0.4, -0.2) is 46.1 Å². The van der Waals surface area contributed by atoms with Gasteiger partial charge in [0.2, 0.25) is 5.82 Å². The van der Waals surface area contributed by atoms with Crippen LogP contribution in [0.25, 0.3) is 0 Å². The van der Waals surface area contributed by atoms with Gasteiger partial charge in [0.05, 0.1) is 0 Å². The van der Waals surface area contributed by atoms with Crippen LogP contribution in [0.3, 0.4) is 0 Å². The normalized spacial score (nSPS) is 17.6. The lowest BCUT2D eigenvalue weighted by molar-refractivity contribution is 0.0953. The molecule has 0 spiro atoms. The number of aromatic amines is 1. The number of benzene rings is 1. The molecule has 6 nitrogen and oxygen atoms in total. The van der Waals surface area contributed by atoms with Gasteiger partial charge in [0.1, 0.15) is 5.82 Å². The topological polar surface area (TPSA) is 73.9 Å². The number of amides is 1. The smallest absolute Gasteiger partial charge is 0.290 e. The highest BCUT2D eigenvalue weighted by atomic mass is 35.5. The molecular formula is C17H22ClN5O. The molecule has 24 heavy (non-hydrogen) atoms. The number of aromatic nitrogens is 3. The molecule has 2 aromatic rings. The Balaban J connectivity index is 1.62. The number of carbonyl (C=O) groups excluding carboxylic acids is 1. The van der Waals surface area contributed by atoms with E-state index >= 15 is 0 Å². The Morgan fingerprint density at radius 1 is 1.38 bits per heavy atom. The van der Waals surface area contributed by atoms with Crippen LogP contribution >= 0.6 is 11.6 Å². The van der Waals surface area contributed by atoms with E-state index in [0.29, 0.717) is 5.92 Å². The van der Waals surface area contributed by atoms with E-state index in [1.807, 2.05) is 18.2 Å². The summed E-state index contributed by atoms with van der Waals surface area (Å²) in [5.74, 6) is 1.06. The highest BCUT2D eigenvalue weighted by molar-refractivity contribution is 6.31. The summed E-state index contributed by atoms with van der Waals surface area (Å²) in [7, 11) is 1.58. The lowest BCUT2D eigenvalue weighted by Gasteiger charge is -2.35. The molecule has 0 radical (unpaired) electrons. The minimum absolute atomic E-state index is 0.208. The monoisotopic (exact) mass is 347 g/mol. The standard InChI is InChI=1S/C17H22ClN5O/c1-11(13-5-3-4-6-14(13)18)23-9-7-12(8-10-23)15-20-16(22-21-15)17(24)19-2/h3-6,11-12H,7-10H2,1-2H3,(H,19,24)(H,20,21,22). The molecule has 2 N–H and O–H groups in total. The first-order valence-electron chi connectivity index (χ1n) is 8.23. The van der Waals surface area contributed by atoms with E-state index in [2.05, 4.69) is 38.4 Å². The van der Waals surface area contributed by atoms with Crippen molar-refractivity contribution in [3.8, 4) is 0 Å². The molecule has 1 aliphatic heterocycles. The maximum atomic E-state index is 11.6. The molecule has 1 unspecified atom stereocenters. The van der Waals surface area contributed by atoms with Gasteiger partial charge < -0.3 is 5.32 Å². The maximum absolute atomic E-state index is 11.6. The quantitative estimate of drug-likeness (QED) is 0.891. The average Bonchev–Trinajstić information content (AvgIpc) is 3.11. The number of carbonyl (C=O) groups is 1. The summed E-state index contributed by atoms with van der Waals surface area (Å²) in [5.41, 5.74) is 1.17. The van der Waals surface area contributed by atoms with Crippen molar-refractivity contribution >= 4 is 17.5 Å². The minimum Gasteiger partial charge on any atom is -0.352 e. The maximum Gasteiger partial charge on any atom is 0.290 e. The van der Waals surface area contributed by atoms with E-state index in [0.717, 1.165) is 36.8 Å². The SMILES string of the molecule is CNC(=O)c1n[nH]c(C2CCN(C(C)c3ccccc3Cl)CC2)n1. The van der Waals surface area contributed by atoms with Crippen molar-refractivity contribution < 1.29 is 4.79 Å². The van der Waals surface area contributed by atoms with Gasteiger partial charge in [-0.05, 0) is 44.5 Å². The summed E-state index contributed by atoms with van der Waals surface area (Å²) in [6, 6.07) is 8.30. The first-order chi connectivity index (χ1) is 11.6. The molecule has 0 saturated carbocycles. The fourth-order valence-corrected chi connectivity index (χ4v) is 3.53. The van der Waals surface area contributed by atoms with Crippen molar-refractivity contribution in [1.29, 1.82) is 0 Å². The lowest BCUT2D eigenvalue weighted by Crippen LogP contribution is -2.35. The molecule has 128 valence electrons. The number of hydrogen-bond donors (Lipinski definition) is 2. The van der Waals surface area contributed by atoms with E-state index in [4.69, 9.17) is 11.6 Å². The Bertz CT molecular complexity index is 709. The number of rotatable bonds is 4. The van der Waals surface area contributed by atoms with E-state index in [9.17, 15) is 4.79 Å². The van der Waals surface area contributed by atoms with Gasteiger partial charge in [-0.1, -0.05) is 29.8 Å². The van der Waals surface area contributed by atoms with Gasteiger partial charge in [0, 0.05) is 24.0 Å². The molecule has 1 saturated heterocycles. The van der Waals surface area contributed by atoms with Crippen molar-refractivity contribution in [2.75, 3.05) is 20.1 Å². The number of likely N-dealkylation sites (tertiary alicyclic amines) is 1. The Morgan fingerprint density at radius 2 is 2.08 bits per heavy atom. The first-order valence-corrected chi connectivity index (χ1v) is 8.60. The number of halogens is 1. The predicted octanol–water partition coefficient (Wildman–Crippen LogP) is 2.76. The molecule has 1 aromatic carbocycles. The predicted molar refractivity (Wildman–Crippen MR) is 93.2 cm³/mol. The zero-order chi connectivity index (χ0) is 17.1. The number of nitrogens with one attached hydrogen (secondary N) is 2. The van der Waals surface area contributed by atoms with E-state index in [1.165, 1.54) is 5.56 Å². The van der Waals surface area contributed by atoms with Crippen LogP contribution in [0.1, 0.15) is 53.7 Å². The van der Waals surface area contributed by atoms with Gasteiger partial charge in [0.25, 0.3) is 5.91 Å². The van der Waals surface area contributed by atoms with Crippen LogP contribution in [0.2, 0.25) is 5.02 Å². The average molecular weight is 348 g/mol. The molecular weight excluding hydrogens is 326 g/mol. The lowest BCUT2D eigenvalue weighted by atomic mass is 9.94.